The van der Waals surface area contributed by atoms with E-state index in [4.69, 9.17) is 4.57 Å². The van der Waals surface area contributed by atoms with Crippen LogP contribution in [0.15, 0.2) is 50.1 Å². The fraction of sp³-hybridized carbons (Fsp3) is 0.167. The van der Waals surface area contributed by atoms with Crippen LogP contribution in [0.25, 0.3) is 0 Å². The fourth-order valence-corrected chi connectivity index (χ4v) is 1.84. The van der Waals surface area contributed by atoms with Crippen LogP contribution < -0.4 is 11.4 Å². The molecule has 4 amide bonds. The monoisotopic (exact) mass is 622 g/mol. The van der Waals surface area contributed by atoms with Crippen molar-refractivity contribution in [3.63, 3.8) is 0 Å². The zero-order valence-corrected chi connectivity index (χ0v) is 19.0. The smallest absolute Gasteiger partial charge is 0.265 e. The van der Waals surface area contributed by atoms with Gasteiger partial charge in [0.15, 0.2) is 21.2 Å². The molecule has 0 atom stereocenters. The summed E-state index contributed by atoms with van der Waals surface area (Å²) >= 11 is 0.764. The molecule has 15 heteroatoms. The molecule has 0 unspecified atom stereocenters. The van der Waals surface area contributed by atoms with E-state index >= 15 is 0 Å². The van der Waals surface area contributed by atoms with Crippen LogP contribution >= 0.6 is 49.3 Å². The maximum Gasteiger partial charge on any atom is 0.370 e. The van der Waals surface area contributed by atoms with Crippen molar-refractivity contribution in [3.05, 3.63) is 54.9 Å². The molecule has 0 bridgehead atoms. The Morgan fingerprint density at radius 3 is 1.56 bits per heavy atom. The Balaban J connectivity index is 0.000000350. The van der Waals surface area contributed by atoms with E-state index in [2.05, 4.69) is 20.4 Å². The number of halogens is 2. The summed E-state index contributed by atoms with van der Waals surface area (Å²) in [7, 11) is 2.71. The van der Waals surface area contributed by atoms with E-state index in [9.17, 15) is 22.2 Å². The van der Waals surface area contributed by atoms with E-state index in [1.54, 1.807) is 22.0 Å². The van der Waals surface area contributed by atoms with Gasteiger partial charge >= 0.3 is 23.4 Å². The molecule has 0 fully saturated rings. The van der Waals surface area contributed by atoms with Gasteiger partial charge in [0.25, 0.3) is 0 Å². The number of aromatic nitrogens is 3. The molecule has 12 nitrogen and oxygen atoms in total. The minimum atomic E-state index is -0.941. The number of carbonyl (C=O) groups is 2. The number of hydrogen-bond acceptors (Lipinski definition) is 6. The molecule has 27 heavy (non-hydrogen) atoms. The number of carbonyl (C=O) groups excluding carboxylic acids is 2. The third-order valence-electron chi connectivity index (χ3n) is 2.50. The molecule has 0 radical (unpaired) electrons. The molecule has 3 rings (SSSR count). The SMILES string of the molecule is CN1C(=O)N=NC1=O.Cn1c(=O)[nH][nH]c1=O.O=Ic1ccccc1.O=PI. The van der Waals surface area contributed by atoms with Crippen LogP contribution in [0, 0.1) is 3.57 Å². The second-order valence-electron chi connectivity index (χ2n) is 4.19. The molecule has 2 N–H and O–H groups in total. The van der Waals surface area contributed by atoms with E-state index in [1.165, 1.54) is 14.1 Å². The molecule has 0 saturated heterocycles. The summed E-state index contributed by atoms with van der Waals surface area (Å²) in [5.74, 6) is 0. The number of rotatable bonds is 1. The van der Waals surface area contributed by atoms with Gasteiger partial charge in [0.2, 0.25) is 6.10 Å². The Bertz CT molecular complexity index is 863. The fourth-order valence-electron chi connectivity index (χ4n) is 1.13. The van der Waals surface area contributed by atoms with Gasteiger partial charge in [-0.3, -0.25) is 7.63 Å². The number of urea groups is 2. The van der Waals surface area contributed by atoms with Gasteiger partial charge < -0.3 is 0 Å². The first kappa shape index (κ1) is 25.1. The van der Waals surface area contributed by atoms with Gasteiger partial charge in [-0.05, 0) is 12.1 Å². The minimum absolute atomic E-state index is 0.137. The van der Waals surface area contributed by atoms with Crippen molar-refractivity contribution in [1.29, 1.82) is 0 Å². The Morgan fingerprint density at radius 2 is 1.37 bits per heavy atom. The lowest BCUT2D eigenvalue weighted by Crippen LogP contribution is -2.22. The number of H-pyrrole nitrogens is 2. The number of aromatic amines is 2. The molecule has 1 aliphatic heterocycles. The Kier molecular flexibility index (Phi) is 13.1. The Morgan fingerprint density at radius 1 is 0.963 bits per heavy atom. The summed E-state index contributed by atoms with van der Waals surface area (Å²) in [5.41, 5.74) is -0.843. The van der Waals surface area contributed by atoms with Crippen molar-refractivity contribution in [2.24, 2.45) is 17.3 Å². The molecule has 0 saturated carbocycles. The molecule has 1 aromatic heterocycles. The lowest BCUT2D eigenvalue weighted by molar-refractivity contribution is 0.214. The number of benzene rings is 1. The standard InChI is InChI=1S/C6H5IO.C3H5N3O2.C3H3N3O2.IOP/c8-7-6-4-2-1-3-5-6;2*1-6-2(7)4-5-3(6)8;1-3-2/h1-5H;1H3,(H,4,7)(H,5,8);1H3;. The lowest BCUT2D eigenvalue weighted by atomic mass is 10.4. The van der Waals surface area contributed by atoms with Crippen LogP contribution in [-0.4, -0.2) is 38.8 Å². The highest BCUT2D eigenvalue weighted by Gasteiger charge is 2.21. The van der Waals surface area contributed by atoms with Crippen LogP contribution in [-0.2, 0) is 14.7 Å². The second kappa shape index (κ2) is 14.2. The van der Waals surface area contributed by atoms with Crippen molar-refractivity contribution in [2.75, 3.05) is 7.05 Å². The first-order chi connectivity index (χ1) is 12.8. The second-order valence-corrected chi connectivity index (χ2v) is 7.19. The molecule has 0 spiro atoms. The molecular weight excluding hydrogens is 609 g/mol. The molecule has 1 aliphatic rings. The Hall–Kier alpha value is -1.94. The average Bonchev–Trinajstić information content (AvgIpc) is 3.14. The minimum Gasteiger partial charge on any atom is -0.265 e. The predicted octanol–water partition coefficient (Wildman–Crippen LogP) is 2.83. The molecule has 0 aliphatic carbocycles. The van der Waals surface area contributed by atoms with Crippen molar-refractivity contribution in [1.82, 2.24) is 19.7 Å². The van der Waals surface area contributed by atoms with E-state index < -0.39 is 44.6 Å². The number of nitrogens with one attached hydrogen (secondary N) is 2. The van der Waals surface area contributed by atoms with Crippen molar-refractivity contribution < 1.29 is 17.2 Å². The van der Waals surface area contributed by atoms with Crippen LogP contribution in [0.4, 0.5) is 9.59 Å². The molecule has 1 aromatic carbocycles. The van der Waals surface area contributed by atoms with Gasteiger partial charge in [-0.2, -0.15) is 0 Å². The zero-order valence-electron chi connectivity index (χ0n) is 13.8. The van der Waals surface area contributed by atoms with Gasteiger partial charge in [0.1, 0.15) is 0 Å². The third kappa shape index (κ3) is 10.1. The number of imide groups is 1. The van der Waals surface area contributed by atoms with E-state index in [1.807, 2.05) is 30.3 Å². The first-order valence-corrected chi connectivity index (χ1v) is 12.2. The summed E-state index contributed by atoms with van der Waals surface area (Å²) in [4.78, 5) is 41.9. The maximum atomic E-state index is 10.3. The number of nitrogens with zero attached hydrogens (tertiary/aromatic N) is 4. The van der Waals surface area contributed by atoms with Gasteiger partial charge in [0.05, 0.1) is 0 Å². The molecule has 2 heterocycles. The zero-order chi connectivity index (χ0) is 20.8. The van der Waals surface area contributed by atoms with Crippen LogP contribution in [0.2, 0.25) is 0 Å². The lowest BCUT2D eigenvalue weighted by Gasteiger charge is -1.96. The summed E-state index contributed by atoms with van der Waals surface area (Å²) in [6, 6.07) is 8.26. The molecule has 2 aromatic rings. The summed E-state index contributed by atoms with van der Waals surface area (Å²) in [6.07, 6.45) is 0.137. The van der Waals surface area contributed by atoms with Crippen LogP contribution in [0.5, 0.6) is 0 Å². The average molecular weight is 622 g/mol. The number of azo groups is 1. The highest BCUT2D eigenvalue weighted by molar-refractivity contribution is 14.2. The molecule has 146 valence electrons. The highest BCUT2D eigenvalue weighted by Crippen LogP contribution is 2.06. The quantitative estimate of drug-likeness (QED) is 0.367. The predicted molar refractivity (Wildman–Crippen MR) is 112 cm³/mol. The van der Waals surface area contributed by atoms with Crippen molar-refractivity contribution in [2.45, 2.75) is 0 Å². The van der Waals surface area contributed by atoms with E-state index in [-0.39, 0.29) is 6.10 Å². The van der Waals surface area contributed by atoms with E-state index in [0.717, 1.165) is 13.0 Å². The summed E-state index contributed by atoms with van der Waals surface area (Å²) in [5, 5.41) is 10.1. The normalized spacial score (nSPS) is 11.7. The third-order valence-corrected chi connectivity index (χ3v) is 3.73. The van der Waals surface area contributed by atoms with Crippen molar-refractivity contribution >= 4 is 61.4 Å². The van der Waals surface area contributed by atoms with Crippen LogP contribution in [0.3, 0.4) is 0 Å². The molecular formula is C12H13I2N6O6P. The van der Waals surface area contributed by atoms with Gasteiger partial charge in [-0.15, -0.1) is 0 Å². The highest BCUT2D eigenvalue weighted by atomic mass is 127. The van der Waals surface area contributed by atoms with Gasteiger partial charge in [0, 0.05) is 39.7 Å². The maximum absolute atomic E-state index is 10.3. The number of amides is 4. The summed E-state index contributed by atoms with van der Waals surface area (Å²) < 4.78 is 21.0. The topological polar surface area (TPSA) is 167 Å². The van der Waals surface area contributed by atoms with Gasteiger partial charge in [-0.25, -0.2) is 38.8 Å². The van der Waals surface area contributed by atoms with Crippen LogP contribution in [0.1, 0.15) is 0 Å². The number of hydrogen-bond donors (Lipinski definition) is 2. The first-order valence-electron chi connectivity index (χ1n) is 6.61. The van der Waals surface area contributed by atoms with Gasteiger partial charge in [-0.1, -0.05) is 28.4 Å². The Labute approximate surface area is 176 Å². The summed E-state index contributed by atoms with van der Waals surface area (Å²) in [6.45, 7) is 0. The van der Waals surface area contributed by atoms with E-state index in [0.29, 0.717) is 0 Å². The largest absolute Gasteiger partial charge is 0.370 e. The van der Waals surface area contributed by atoms with Crippen molar-refractivity contribution in [3.8, 4) is 0 Å².